The maximum atomic E-state index is 5.44. The Kier molecular flexibility index (Phi) is 6.06. The topological polar surface area (TPSA) is 38.5 Å². The summed E-state index contributed by atoms with van der Waals surface area (Å²) in [5, 5.41) is 0. The number of hydrogen-bond acceptors (Lipinski definition) is 3. The molecular formula is C17H26N2O. The number of rotatable bonds is 4. The Labute approximate surface area is 123 Å². The molecule has 0 saturated heterocycles. The summed E-state index contributed by atoms with van der Waals surface area (Å²) < 4.78 is 5.44. The molecule has 0 bridgehead atoms. The summed E-state index contributed by atoms with van der Waals surface area (Å²) in [5.74, 6) is 6.86. The van der Waals surface area contributed by atoms with Gasteiger partial charge in [0.15, 0.2) is 0 Å². The fourth-order valence-corrected chi connectivity index (χ4v) is 2.29. The van der Waals surface area contributed by atoms with Crippen LogP contribution in [-0.2, 0) is 6.54 Å². The molecule has 1 rings (SSSR count). The first-order valence-electron chi connectivity index (χ1n) is 6.90. The molecule has 0 aliphatic carbocycles. The summed E-state index contributed by atoms with van der Waals surface area (Å²) in [7, 11) is 3.83. The van der Waals surface area contributed by atoms with Crippen molar-refractivity contribution in [2.24, 2.45) is 11.1 Å². The second-order valence-electron chi connectivity index (χ2n) is 6.27. The molecule has 0 saturated carbocycles. The molecule has 0 spiro atoms. The van der Waals surface area contributed by atoms with Crippen molar-refractivity contribution in [1.29, 1.82) is 0 Å². The maximum Gasteiger partial charge on any atom is 0.123 e. The predicted octanol–water partition coefficient (Wildman–Crippen LogP) is 2.48. The molecular weight excluding hydrogens is 248 g/mol. The molecule has 0 unspecified atom stereocenters. The van der Waals surface area contributed by atoms with E-state index in [2.05, 4.69) is 50.6 Å². The van der Waals surface area contributed by atoms with E-state index < -0.39 is 0 Å². The van der Waals surface area contributed by atoms with Crippen LogP contribution >= 0.6 is 0 Å². The first kappa shape index (κ1) is 16.6. The monoisotopic (exact) mass is 274 g/mol. The lowest BCUT2D eigenvalue weighted by Crippen LogP contribution is -2.29. The lowest BCUT2D eigenvalue weighted by molar-refractivity contribution is 0.218. The third-order valence-electron chi connectivity index (χ3n) is 2.80. The molecule has 1 aromatic rings. The Morgan fingerprint density at radius 3 is 2.55 bits per heavy atom. The second kappa shape index (κ2) is 7.33. The highest BCUT2D eigenvalue weighted by atomic mass is 16.5. The average Bonchev–Trinajstić information content (AvgIpc) is 2.34. The van der Waals surface area contributed by atoms with Gasteiger partial charge >= 0.3 is 0 Å². The molecule has 110 valence electrons. The van der Waals surface area contributed by atoms with Crippen molar-refractivity contribution < 1.29 is 4.74 Å². The van der Waals surface area contributed by atoms with E-state index in [1.54, 1.807) is 7.11 Å². The lowest BCUT2D eigenvalue weighted by atomic mass is 9.96. The number of ether oxygens (including phenoxy) is 1. The van der Waals surface area contributed by atoms with Gasteiger partial charge in [-0.3, -0.25) is 0 Å². The summed E-state index contributed by atoms with van der Waals surface area (Å²) >= 11 is 0. The van der Waals surface area contributed by atoms with Crippen LogP contribution in [0.25, 0.3) is 0 Å². The molecule has 0 atom stereocenters. The third kappa shape index (κ3) is 5.64. The van der Waals surface area contributed by atoms with Crippen molar-refractivity contribution in [3.63, 3.8) is 0 Å². The lowest BCUT2D eigenvalue weighted by Gasteiger charge is -2.27. The Morgan fingerprint density at radius 2 is 2.00 bits per heavy atom. The van der Waals surface area contributed by atoms with Gasteiger partial charge in [-0.05, 0) is 30.7 Å². The third-order valence-corrected chi connectivity index (χ3v) is 2.80. The fraction of sp³-hybridized carbons (Fsp3) is 0.529. The summed E-state index contributed by atoms with van der Waals surface area (Å²) in [6, 6.07) is 6.02. The second-order valence-corrected chi connectivity index (χ2v) is 6.27. The maximum absolute atomic E-state index is 5.44. The van der Waals surface area contributed by atoms with Gasteiger partial charge in [0.05, 0.1) is 13.7 Å². The van der Waals surface area contributed by atoms with Gasteiger partial charge in [-0.25, -0.2) is 0 Å². The quantitative estimate of drug-likeness (QED) is 0.857. The van der Waals surface area contributed by atoms with Crippen molar-refractivity contribution >= 4 is 0 Å². The molecule has 0 radical (unpaired) electrons. The molecule has 0 heterocycles. The van der Waals surface area contributed by atoms with Gasteiger partial charge in [0, 0.05) is 24.2 Å². The highest BCUT2D eigenvalue weighted by Crippen LogP contribution is 2.23. The molecule has 0 aliphatic rings. The van der Waals surface area contributed by atoms with Crippen LogP contribution in [0, 0.1) is 17.3 Å². The van der Waals surface area contributed by atoms with Gasteiger partial charge in [-0.15, -0.1) is 0 Å². The minimum absolute atomic E-state index is 0.277. The highest BCUT2D eigenvalue weighted by molar-refractivity contribution is 5.44. The van der Waals surface area contributed by atoms with E-state index in [1.165, 1.54) is 0 Å². The van der Waals surface area contributed by atoms with Crippen molar-refractivity contribution in [2.45, 2.75) is 27.3 Å². The smallest absolute Gasteiger partial charge is 0.123 e. The van der Waals surface area contributed by atoms with Gasteiger partial charge in [-0.2, -0.15) is 0 Å². The van der Waals surface area contributed by atoms with E-state index in [4.69, 9.17) is 10.5 Å². The van der Waals surface area contributed by atoms with E-state index >= 15 is 0 Å². The molecule has 3 nitrogen and oxygen atoms in total. The number of benzene rings is 1. The summed E-state index contributed by atoms with van der Waals surface area (Å²) in [6.07, 6.45) is 0. The van der Waals surface area contributed by atoms with Crippen molar-refractivity contribution in [2.75, 3.05) is 27.2 Å². The van der Waals surface area contributed by atoms with Gasteiger partial charge in [0.1, 0.15) is 5.75 Å². The first-order chi connectivity index (χ1) is 9.35. The molecule has 0 aromatic heterocycles. The number of methoxy groups -OCH3 is 1. The highest BCUT2D eigenvalue weighted by Gasteiger charge is 2.15. The fourth-order valence-electron chi connectivity index (χ4n) is 2.29. The first-order valence-corrected chi connectivity index (χ1v) is 6.90. The van der Waals surface area contributed by atoms with Crippen LogP contribution in [0.1, 0.15) is 31.9 Å². The van der Waals surface area contributed by atoms with E-state index in [1.807, 2.05) is 12.1 Å². The zero-order valence-corrected chi connectivity index (χ0v) is 13.3. The van der Waals surface area contributed by atoms with Crippen LogP contribution < -0.4 is 10.5 Å². The van der Waals surface area contributed by atoms with Gasteiger partial charge in [0.25, 0.3) is 0 Å². The summed E-state index contributed by atoms with van der Waals surface area (Å²) in [4.78, 5) is 2.30. The zero-order chi connectivity index (χ0) is 15.2. The molecule has 2 N–H and O–H groups in total. The van der Waals surface area contributed by atoms with Crippen LogP contribution in [0.2, 0.25) is 0 Å². The zero-order valence-electron chi connectivity index (χ0n) is 13.3. The van der Waals surface area contributed by atoms with Crippen LogP contribution in [0.5, 0.6) is 5.75 Å². The van der Waals surface area contributed by atoms with Crippen molar-refractivity contribution in [3.05, 3.63) is 29.3 Å². The van der Waals surface area contributed by atoms with E-state index in [9.17, 15) is 0 Å². The summed E-state index contributed by atoms with van der Waals surface area (Å²) in [5.41, 5.74) is 7.83. The predicted molar refractivity (Wildman–Crippen MR) is 84.7 cm³/mol. The van der Waals surface area contributed by atoms with Gasteiger partial charge < -0.3 is 15.4 Å². The molecule has 20 heavy (non-hydrogen) atoms. The normalized spacial score (nSPS) is 11.2. The Hall–Kier alpha value is -1.50. The number of nitrogens with zero attached hydrogens (tertiary/aromatic N) is 1. The average molecular weight is 274 g/mol. The standard InChI is InChI=1S/C17H26N2O/c1-17(2,3)13-19(4)12-15-11-14(7-6-10-18)8-9-16(15)20-5/h8-9,11H,10,12-13,18H2,1-5H3. The van der Waals surface area contributed by atoms with Crippen LogP contribution in [0.15, 0.2) is 18.2 Å². The SMILES string of the molecule is COc1ccc(C#CCN)cc1CN(C)CC(C)(C)C. The minimum Gasteiger partial charge on any atom is -0.496 e. The van der Waals surface area contributed by atoms with Crippen LogP contribution in [-0.4, -0.2) is 32.1 Å². The molecule has 0 fully saturated rings. The van der Waals surface area contributed by atoms with Crippen LogP contribution in [0.4, 0.5) is 0 Å². The largest absolute Gasteiger partial charge is 0.496 e. The van der Waals surface area contributed by atoms with E-state index in [0.717, 1.165) is 30.0 Å². The van der Waals surface area contributed by atoms with Crippen molar-refractivity contribution in [3.8, 4) is 17.6 Å². The number of hydrogen-bond donors (Lipinski definition) is 1. The van der Waals surface area contributed by atoms with E-state index in [-0.39, 0.29) is 5.41 Å². The van der Waals surface area contributed by atoms with Gasteiger partial charge in [0.2, 0.25) is 0 Å². The molecule has 0 aliphatic heterocycles. The van der Waals surface area contributed by atoms with E-state index in [0.29, 0.717) is 6.54 Å². The van der Waals surface area contributed by atoms with Gasteiger partial charge in [-0.1, -0.05) is 32.6 Å². The molecule has 3 heteroatoms. The van der Waals surface area contributed by atoms with Crippen molar-refractivity contribution in [1.82, 2.24) is 4.90 Å². The number of nitrogens with two attached hydrogens (primary N) is 1. The van der Waals surface area contributed by atoms with Crippen LogP contribution in [0.3, 0.4) is 0 Å². The Morgan fingerprint density at radius 1 is 1.30 bits per heavy atom. The Bertz CT molecular complexity index is 492. The summed E-state index contributed by atoms with van der Waals surface area (Å²) in [6.45, 7) is 8.97. The molecule has 1 aromatic carbocycles. The molecule has 0 amide bonds. The Balaban J connectivity index is 2.91. The minimum atomic E-state index is 0.277.